The Bertz CT molecular complexity index is 1530. The third-order valence-corrected chi connectivity index (χ3v) is 8.42. The summed E-state index contributed by atoms with van der Waals surface area (Å²) in [6, 6.07) is 7.63. The summed E-state index contributed by atoms with van der Waals surface area (Å²) in [5.74, 6) is -0.0854. The Morgan fingerprint density at radius 2 is 2.03 bits per heavy atom. The number of aryl methyl sites for hydroxylation is 1. The predicted molar refractivity (Wildman–Crippen MR) is 145 cm³/mol. The van der Waals surface area contributed by atoms with E-state index in [1.54, 1.807) is 18.0 Å². The van der Waals surface area contributed by atoms with E-state index < -0.39 is 22.9 Å². The molecule has 10 nitrogen and oxygen atoms in total. The number of thiophene rings is 1. The lowest BCUT2D eigenvalue weighted by molar-refractivity contribution is -0.142. The molecule has 1 N–H and O–H groups in total. The Hall–Kier alpha value is -3.54. The fourth-order valence-electron chi connectivity index (χ4n) is 4.80. The van der Waals surface area contributed by atoms with Gasteiger partial charge in [-0.05, 0) is 45.2 Å². The highest BCUT2D eigenvalue weighted by atomic mass is 32.1. The van der Waals surface area contributed by atoms with Crippen molar-refractivity contribution < 1.29 is 28.5 Å². The molecule has 39 heavy (non-hydrogen) atoms. The molecule has 4 aromatic rings. The first-order valence-electron chi connectivity index (χ1n) is 12.8. The van der Waals surface area contributed by atoms with E-state index >= 15 is 0 Å². The van der Waals surface area contributed by atoms with Crippen LogP contribution in [0.25, 0.3) is 21.0 Å². The van der Waals surface area contributed by atoms with Gasteiger partial charge < -0.3 is 23.7 Å². The molecule has 0 spiro atoms. The number of carboxylic acid groups (broad SMARTS) is 1. The van der Waals surface area contributed by atoms with Gasteiger partial charge in [-0.3, -0.25) is 14.3 Å². The second-order valence-corrected chi connectivity index (χ2v) is 11.0. The maximum Gasteiger partial charge on any atom is 0.315 e. The molecule has 4 heterocycles. The minimum absolute atomic E-state index is 0.0357. The number of carboxylic acids is 1. The normalized spacial score (nSPS) is 15.5. The first-order valence-corrected chi connectivity index (χ1v) is 13.6. The summed E-state index contributed by atoms with van der Waals surface area (Å²) in [5, 5.41) is 15.1. The van der Waals surface area contributed by atoms with Crippen molar-refractivity contribution in [3.05, 3.63) is 63.8 Å². The van der Waals surface area contributed by atoms with Gasteiger partial charge in [-0.1, -0.05) is 18.2 Å². The molecule has 1 unspecified atom stereocenters. The number of carbonyl (C=O) groups is 1. The third kappa shape index (κ3) is 5.09. The molecule has 3 aromatic heterocycles. The van der Waals surface area contributed by atoms with Crippen molar-refractivity contribution >= 4 is 27.5 Å². The molecule has 0 radical (unpaired) electrons. The second kappa shape index (κ2) is 10.9. The average Bonchev–Trinajstić information content (AvgIpc) is 3.58. The fraction of sp³-hybridized carbons (Fsp3) is 0.429. The van der Waals surface area contributed by atoms with Crippen molar-refractivity contribution in [1.82, 2.24) is 14.8 Å². The van der Waals surface area contributed by atoms with Crippen molar-refractivity contribution in [1.29, 1.82) is 0 Å². The molecule has 206 valence electrons. The number of ether oxygens (including phenoxy) is 3. The Kier molecular flexibility index (Phi) is 7.57. The van der Waals surface area contributed by atoms with E-state index in [9.17, 15) is 14.7 Å². The highest BCUT2D eigenvalue weighted by molar-refractivity contribution is 7.22. The number of benzene rings is 1. The van der Waals surface area contributed by atoms with Crippen molar-refractivity contribution in [3.8, 4) is 16.5 Å². The number of aliphatic carboxylic acids is 1. The summed E-state index contributed by atoms with van der Waals surface area (Å²) in [5.41, 5.74) is -0.487. The van der Waals surface area contributed by atoms with Gasteiger partial charge in [0.1, 0.15) is 34.1 Å². The summed E-state index contributed by atoms with van der Waals surface area (Å²) in [4.78, 5) is 31.5. The number of hydrogen-bond acceptors (Lipinski definition) is 9. The molecule has 1 aromatic carbocycles. The third-order valence-electron chi connectivity index (χ3n) is 7.13. The van der Waals surface area contributed by atoms with E-state index in [1.165, 1.54) is 31.4 Å². The van der Waals surface area contributed by atoms with E-state index in [0.29, 0.717) is 45.5 Å². The van der Waals surface area contributed by atoms with Gasteiger partial charge in [-0.15, -0.1) is 11.3 Å². The first kappa shape index (κ1) is 27.0. The van der Waals surface area contributed by atoms with Crippen molar-refractivity contribution in [2.45, 2.75) is 57.8 Å². The molecule has 0 saturated carbocycles. The van der Waals surface area contributed by atoms with Crippen LogP contribution in [0.2, 0.25) is 0 Å². The smallest absolute Gasteiger partial charge is 0.315 e. The lowest BCUT2D eigenvalue weighted by atomic mass is 9.88. The summed E-state index contributed by atoms with van der Waals surface area (Å²) >= 11 is 1.33. The highest BCUT2D eigenvalue weighted by Crippen LogP contribution is 2.38. The van der Waals surface area contributed by atoms with Crippen LogP contribution in [0.5, 0.6) is 5.75 Å². The Balaban J connectivity index is 1.70. The molecule has 0 amide bonds. The topological polar surface area (TPSA) is 126 Å². The van der Waals surface area contributed by atoms with Crippen LogP contribution in [0.1, 0.15) is 49.6 Å². The molecule has 0 aliphatic carbocycles. The van der Waals surface area contributed by atoms with Crippen molar-refractivity contribution in [2.75, 3.05) is 20.3 Å². The number of rotatable bonds is 9. The van der Waals surface area contributed by atoms with Gasteiger partial charge in [0.2, 0.25) is 11.3 Å². The van der Waals surface area contributed by atoms with Gasteiger partial charge in [0.05, 0.1) is 36.2 Å². The lowest BCUT2D eigenvalue weighted by Crippen LogP contribution is -2.37. The molecule has 1 saturated heterocycles. The van der Waals surface area contributed by atoms with E-state index in [1.807, 2.05) is 31.2 Å². The molecule has 11 heteroatoms. The molecular weight excluding hydrogens is 522 g/mol. The maximum atomic E-state index is 13.8. The van der Waals surface area contributed by atoms with Crippen LogP contribution in [-0.2, 0) is 26.2 Å². The molecule has 5 rings (SSSR count). The van der Waals surface area contributed by atoms with Gasteiger partial charge >= 0.3 is 5.97 Å². The zero-order valence-electron chi connectivity index (χ0n) is 22.3. The van der Waals surface area contributed by atoms with Crippen LogP contribution in [-0.4, -0.2) is 52.3 Å². The molecule has 1 aliphatic heterocycles. The average molecular weight is 554 g/mol. The minimum atomic E-state index is -1.52. The zero-order chi connectivity index (χ0) is 27.7. The van der Waals surface area contributed by atoms with Crippen LogP contribution in [0, 0.1) is 6.92 Å². The number of nitrogens with zero attached hydrogens (tertiary/aromatic N) is 3. The monoisotopic (exact) mass is 553 g/mol. The Morgan fingerprint density at radius 1 is 1.28 bits per heavy atom. The summed E-state index contributed by atoms with van der Waals surface area (Å²) in [7, 11) is 1.61. The molecule has 1 fully saturated rings. The molecule has 0 bridgehead atoms. The van der Waals surface area contributed by atoms with Crippen LogP contribution in [0.15, 0.2) is 45.9 Å². The Morgan fingerprint density at radius 3 is 2.69 bits per heavy atom. The van der Waals surface area contributed by atoms with Gasteiger partial charge in [0, 0.05) is 18.8 Å². The molecule has 1 aliphatic rings. The quantitative estimate of drug-likeness (QED) is 0.313. The standard InChI is InChI=1S/C28H31N3O7S/c1-16-21-22(32)24(28(2,3)27(33)34)30-31(26(21)39-23(16)25-29-11-14-37-25)15-20(38-17-9-12-36-13-10-17)18-7-5-6-8-19(18)35-4/h5-8,11,14,17,20H,9-10,12-13,15H2,1-4H3,(H,33,34). The second-order valence-electron chi connectivity index (χ2n) is 10.0. The highest BCUT2D eigenvalue weighted by Gasteiger charge is 2.37. The van der Waals surface area contributed by atoms with Gasteiger partial charge in [-0.25, -0.2) is 4.98 Å². The van der Waals surface area contributed by atoms with E-state index in [-0.39, 0.29) is 18.3 Å². The summed E-state index contributed by atoms with van der Waals surface area (Å²) in [6.07, 6.45) is 4.00. The van der Waals surface area contributed by atoms with E-state index in [2.05, 4.69) is 10.1 Å². The number of para-hydroxylation sites is 1. The number of hydrogen-bond donors (Lipinski definition) is 1. The lowest BCUT2D eigenvalue weighted by Gasteiger charge is -2.29. The first-order chi connectivity index (χ1) is 18.7. The molecular formula is C28H31N3O7S. The summed E-state index contributed by atoms with van der Waals surface area (Å²) in [6.45, 7) is 6.25. The molecule has 1 atom stereocenters. The minimum Gasteiger partial charge on any atom is -0.496 e. The number of oxazole rings is 1. The maximum absolute atomic E-state index is 13.8. The van der Waals surface area contributed by atoms with Crippen LogP contribution in [0.3, 0.4) is 0 Å². The van der Waals surface area contributed by atoms with E-state index in [4.69, 9.17) is 18.6 Å². The fourth-order valence-corrected chi connectivity index (χ4v) is 6.00. The van der Waals surface area contributed by atoms with E-state index in [0.717, 1.165) is 18.4 Å². The number of fused-ring (bicyclic) bond motifs is 1. The zero-order valence-corrected chi connectivity index (χ0v) is 23.1. The Labute approximate surface area is 229 Å². The van der Waals surface area contributed by atoms with Gasteiger partial charge in [0.25, 0.3) is 0 Å². The van der Waals surface area contributed by atoms with Gasteiger partial charge in [-0.2, -0.15) is 5.10 Å². The van der Waals surface area contributed by atoms with Crippen LogP contribution in [0.4, 0.5) is 0 Å². The van der Waals surface area contributed by atoms with Gasteiger partial charge in [0.15, 0.2) is 0 Å². The van der Waals surface area contributed by atoms with Crippen molar-refractivity contribution in [2.24, 2.45) is 0 Å². The largest absolute Gasteiger partial charge is 0.496 e. The van der Waals surface area contributed by atoms with Crippen LogP contribution < -0.4 is 10.2 Å². The summed E-state index contributed by atoms with van der Waals surface area (Å²) < 4.78 is 25.1. The van der Waals surface area contributed by atoms with Crippen LogP contribution >= 0.6 is 11.3 Å². The predicted octanol–water partition coefficient (Wildman–Crippen LogP) is 4.73. The number of aromatic nitrogens is 3. The van der Waals surface area contributed by atoms with Crippen molar-refractivity contribution in [3.63, 3.8) is 0 Å². The number of methoxy groups -OCH3 is 1. The SMILES string of the molecule is COc1ccccc1C(Cn1nc(C(C)(C)C(=O)O)c(=O)c2c(C)c(-c3ncco3)sc21)OC1CCOCC1.